The van der Waals surface area contributed by atoms with E-state index in [0.717, 1.165) is 12.0 Å². The van der Waals surface area contributed by atoms with E-state index in [1.54, 1.807) is 0 Å². The summed E-state index contributed by atoms with van der Waals surface area (Å²) in [5.74, 6) is -0.129. The highest BCUT2D eigenvalue weighted by molar-refractivity contribution is 7.90. The molecule has 0 fully saturated rings. The number of rotatable bonds is 4. The van der Waals surface area contributed by atoms with Gasteiger partial charge in [0, 0.05) is 12.0 Å². The summed E-state index contributed by atoms with van der Waals surface area (Å²) < 4.78 is 22.0. The van der Waals surface area contributed by atoms with E-state index < -0.39 is 9.84 Å². The number of amides is 1. The summed E-state index contributed by atoms with van der Waals surface area (Å²) in [7, 11) is -3.05. The van der Waals surface area contributed by atoms with Crippen LogP contribution < -0.4 is 0 Å². The molecule has 1 aliphatic rings. The Morgan fingerprint density at radius 1 is 1.44 bits per heavy atom. The van der Waals surface area contributed by atoms with Gasteiger partial charge in [0.15, 0.2) is 0 Å². The first kappa shape index (κ1) is 13.2. The van der Waals surface area contributed by atoms with Crippen LogP contribution in [0.3, 0.4) is 0 Å². The van der Waals surface area contributed by atoms with Gasteiger partial charge >= 0.3 is 0 Å². The lowest BCUT2D eigenvalue weighted by molar-refractivity contribution is -0.132. The van der Waals surface area contributed by atoms with Crippen molar-refractivity contribution in [3.05, 3.63) is 0 Å². The first-order valence-electron chi connectivity index (χ1n) is 5.26. The predicted molar refractivity (Wildman–Crippen MR) is 62.9 cm³/mol. The predicted octanol–water partition coefficient (Wildman–Crippen LogP) is 0.521. The van der Waals surface area contributed by atoms with Gasteiger partial charge in [-0.3, -0.25) is 4.79 Å². The van der Waals surface area contributed by atoms with Crippen molar-refractivity contribution in [2.24, 2.45) is 16.9 Å². The van der Waals surface area contributed by atoms with Crippen LogP contribution in [0.4, 0.5) is 0 Å². The van der Waals surface area contributed by atoms with Crippen LogP contribution in [-0.2, 0) is 14.6 Å². The highest BCUT2D eigenvalue weighted by Crippen LogP contribution is 2.22. The van der Waals surface area contributed by atoms with Crippen molar-refractivity contribution in [2.75, 3.05) is 18.6 Å². The third-order valence-electron chi connectivity index (χ3n) is 2.59. The number of hydrogen-bond donors (Lipinski definition) is 0. The Labute approximate surface area is 96.4 Å². The number of sulfone groups is 1. The molecule has 1 heterocycles. The van der Waals surface area contributed by atoms with Crippen LogP contribution in [0.5, 0.6) is 0 Å². The molecule has 0 N–H and O–H groups in total. The zero-order valence-electron chi connectivity index (χ0n) is 10.1. The summed E-state index contributed by atoms with van der Waals surface area (Å²) in [6, 6.07) is 0. The molecule has 0 bridgehead atoms. The largest absolute Gasteiger partial charge is 0.272 e. The number of hydrogen-bond acceptors (Lipinski definition) is 4. The zero-order chi connectivity index (χ0) is 12.5. The maximum Gasteiger partial charge on any atom is 0.251 e. The number of carbonyl (C=O) groups is 1. The number of nitrogens with zero attached hydrogens (tertiary/aromatic N) is 2. The van der Waals surface area contributed by atoms with Gasteiger partial charge in [0.2, 0.25) is 0 Å². The van der Waals surface area contributed by atoms with Gasteiger partial charge in [0.25, 0.3) is 5.91 Å². The smallest absolute Gasteiger partial charge is 0.251 e. The molecule has 1 amide bonds. The Morgan fingerprint density at radius 2 is 2.00 bits per heavy atom. The molecule has 6 heteroatoms. The lowest BCUT2D eigenvalue weighted by Crippen LogP contribution is -2.33. The molecular weight excluding hydrogens is 228 g/mol. The topological polar surface area (TPSA) is 66.8 Å². The van der Waals surface area contributed by atoms with Crippen molar-refractivity contribution in [2.45, 2.75) is 20.8 Å². The fraction of sp³-hybridized carbons (Fsp3) is 0.800. The molecule has 0 aromatic rings. The molecule has 1 aliphatic heterocycles. The number of carbonyl (C=O) groups excluding carboxylic acids is 1. The first-order valence-corrected chi connectivity index (χ1v) is 7.32. The Bertz CT molecular complexity index is 412. The third-order valence-corrected chi connectivity index (χ3v) is 3.51. The van der Waals surface area contributed by atoms with Gasteiger partial charge in [-0.15, -0.1) is 0 Å². The zero-order valence-corrected chi connectivity index (χ0v) is 10.9. The molecule has 5 nitrogen and oxygen atoms in total. The summed E-state index contributed by atoms with van der Waals surface area (Å²) >= 11 is 0. The van der Waals surface area contributed by atoms with Crippen LogP contribution in [0.25, 0.3) is 0 Å². The van der Waals surface area contributed by atoms with E-state index in [9.17, 15) is 13.2 Å². The number of hydrazone groups is 1. The molecular formula is C10H18N2O3S. The molecule has 0 aromatic heterocycles. The van der Waals surface area contributed by atoms with Crippen LogP contribution in [0, 0.1) is 11.8 Å². The second-order valence-electron chi connectivity index (χ2n) is 4.55. The first-order chi connectivity index (χ1) is 7.22. The summed E-state index contributed by atoms with van der Waals surface area (Å²) in [5, 5.41) is 5.39. The van der Waals surface area contributed by atoms with Crippen molar-refractivity contribution in [1.29, 1.82) is 0 Å². The average Bonchev–Trinajstić information content (AvgIpc) is 2.36. The molecule has 92 valence electrons. The maximum atomic E-state index is 11.9. The molecule has 1 atom stereocenters. The lowest BCUT2D eigenvalue weighted by atomic mass is 9.92. The normalized spacial score (nSPS) is 21.8. The Balaban J connectivity index is 2.70. The molecule has 0 spiro atoms. The highest BCUT2D eigenvalue weighted by atomic mass is 32.2. The molecule has 0 aromatic carbocycles. The Hall–Kier alpha value is -0.910. The van der Waals surface area contributed by atoms with Crippen LogP contribution in [0.1, 0.15) is 20.8 Å². The minimum absolute atomic E-state index is 0.0413. The summed E-state index contributed by atoms with van der Waals surface area (Å²) in [6.07, 6.45) is 1.16. The standard InChI is InChI=1S/C10H18N2O3S/c1-7(2)9-8(3)11-12(10(9)13)5-6-16(4,14)15/h7,9H,5-6H2,1-4H3. The summed E-state index contributed by atoms with van der Waals surface area (Å²) in [6.45, 7) is 5.88. The fourth-order valence-corrected chi connectivity index (χ4v) is 2.33. The maximum absolute atomic E-state index is 11.9. The van der Waals surface area contributed by atoms with E-state index in [1.165, 1.54) is 5.01 Å². The van der Waals surface area contributed by atoms with Crippen LogP contribution >= 0.6 is 0 Å². The summed E-state index contributed by atoms with van der Waals surface area (Å²) in [5.41, 5.74) is 0.772. The second kappa shape index (κ2) is 4.53. The van der Waals surface area contributed by atoms with Crippen molar-refractivity contribution in [1.82, 2.24) is 5.01 Å². The van der Waals surface area contributed by atoms with Crippen molar-refractivity contribution in [3.8, 4) is 0 Å². The van der Waals surface area contributed by atoms with Crippen LogP contribution in [-0.4, -0.2) is 43.6 Å². The molecule has 1 rings (SSSR count). The molecule has 0 saturated heterocycles. The monoisotopic (exact) mass is 246 g/mol. The second-order valence-corrected chi connectivity index (χ2v) is 6.81. The van der Waals surface area contributed by atoms with Gasteiger partial charge in [-0.05, 0) is 12.8 Å². The van der Waals surface area contributed by atoms with E-state index in [4.69, 9.17) is 0 Å². The molecule has 0 radical (unpaired) electrons. The Morgan fingerprint density at radius 3 is 2.38 bits per heavy atom. The van der Waals surface area contributed by atoms with Gasteiger partial charge in [-0.25, -0.2) is 13.4 Å². The molecule has 0 saturated carbocycles. The van der Waals surface area contributed by atoms with Gasteiger partial charge in [0.05, 0.1) is 18.2 Å². The lowest BCUT2D eigenvalue weighted by Gasteiger charge is -2.15. The van der Waals surface area contributed by atoms with Gasteiger partial charge < -0.3 is 0 Å². The average molecular weight is 246 g/mol. The van der Waals surface area contributed by atoms with Crippen LogP contribution in [0.15, 0.2) is 5.10 Å². The van der Waals surface area contributed by atoms with E-state index in [0.29, 0.717) is 0 Å². The Kier molecular flexibility index (Phi) is 3.72. The van der Waals surface area contributed by atoms with Crippen LogP contribution in [0.2, 0.25) is 0 Å². The van der Waals surface area contributed by atoms with E-state index in [1.807, 2.05) is 20.8 Å². The van der Waals surface area contributed by atoms with Crippen molar-refractivity contribution >= 4 is 21.5 Å². The van der Waals surface area contributed by atoms with Gasteiger partial charge in [-0.2, -0.15) is 5.10 Å². The fourth-order valence-electron chi connectivity index (χ4n) is 1.82. The van der Waals surface area contributed by atoms with E-state index in [-0.39, 0.29) is 30.0 Å². The SMILES string of the molecule is CC1=NN(CCS(C)(=O)=O)C(=O)C1C(C)C. The van der Waals surface area contributed by atoms with E-state index >= 15 is 0 Å². The minimum atomic E-state index is -3.05. The molecule has 16 heavy (non-hydrogen) atoms. The van der Waals surface area contributed by atoms with Gasteiger partial charge in [0.1, 0.15) is 9.84 Å². The van der Waals surface area contributed by atoms with Gasteiger partial charge in [-0.1, -0.05) is 13.8 Å². The van der Waals surface area contributed by atoms with Crippen molar-refractivity contribution in [3.63, 3.8) is 0 Å². The van der Waals surface area contributed by atoms with Crippen molar-refractivity contribution < 1.29 is 13.2 Å². The minimum Gasteiger partial charge on any atom is -0.272 e. The summed E-state index contributed by atoms with van der Waals surface area (Å²) in [4.78, 5) is 11.9. The molecule has 1 unspecified atom stereocenters. The van der Waals surface area contributed by atoms with E-state index in [2.05, 4.69) is 5.10 Å². The molecule has 0 aliphatic carbocycles. The highest BCUT2D eigenvalue weighted by Gasteiger charge is 2.35. The third kappa shape index (κ3) is 3.04. The quantitative estimate of drug-likeness (QED) is 0.726.